The SMILES string of the molecule is Cc1ccc(NC=C(C(=O)Nc2ccccc2C)C(=O)Nc2ccccc2C)nc1. The van der Waals surface area contributed by atoms with Gasteiger partial charge in [0.05, 0.1) is 0 Å². The van der Waals surface area contributed by atoms with Crippen molar-refractivity contribution >= 4 is 29.0 Å². The van der Waals surface area contributed by atoms with E-state index in [4.69, 9.17) is 0 Å². The maximum atomic E-state index is 13.0. The maximum Gasteiger partial charge on any atom is 0.262 e. The van der Waals surface area contributed by atoms with Gasteiger partial charge in [-0.1, -0.05) is 42.5 Å². The summed E-state index contributed by atoms with van der Waals surface area (Å²) in [6.45, 7) is 5.71. The minimum absolute atomic E-state index is 0.0659. The fourth-order valence-corrected chi connectivity index (χ4v) is 2.74. The molecule has 0 unspecified atom stereocenters. The molecule has 1 aromatic heterocycles. The second-order valence-corrected chi connectivity index (χ2v) is 6.96. The van der Waals surface area contributed by atoms with Crippen LogP contribution in [0.4, 0.5) is 17.2 Å². The van der Waals surface area contributed by atoms with Crippen molar-refractivity contribution in [2.24, 2.45) is 0 Å². The zero-order valence-electron chi connectivity index (χ0n) is 17.2. The third-order valence-corrected chi connectivity index (χ3v) is 4.55. The summed E-state index contributed by atoms with van der Waals surface area (Å²) in [5.74, 6) is -0.504. The van der Waals surface area contributed by atoms with Crippen molar-refractivity contribution in [3.8, 4) is 0 Å². The number of benzene rings is 2. The molecule has 0 aliphatic carbocycles. The zero-order chi connectivity index (χ0) is 21.5. The Balaban J connectivity index is 1.86. The highest BCUT2D eigenvalue weighted by molar-refractivity contribution is 6.26. The first-order chi connectivity index (χ1) is 14.4. The Kier molecular flexibility index (Phi) is 6.60. The van der Waals surface area contributed by atoms with Crippen LogP contribution in [0.1, 0.15) is 16.7 Å². The van der Waals surface area contributed by atoms with E-state index < -0.39 is 11.8 Å². The number of nitrogens with one attached hydrogen (secondary N) is 3. The van der Waals surface area contributed by atoms with Crippen LogP contribution in [0.3, 0.4) is 0 Å². The first kappa shape index (κ1) is 20.8. The van der Waals surface area contributed by atoms with Gasteiger partial charge in [0, 0.05) is 23.8 Å². The Morgan fingerprint density at radius 3 is 1.77 bits per heavy atom. The highest BCUT2D eigenvalue weighted by atomic mass is 16.2. The van der Waals surface area contributed by atoms with Crippen LogP contribution in [0.25, 0.3) is 0 Å². The number of carbonyl (C=O) groups excluding carboxylic acids is 2. The number of rotatable bonds is 6. The number of pyridine rings is 1. The summed E-state index contributed by atoms with van der Waals surface area (Å²) < 4.78 is 0. The van der Waals surface area contributed by atoms with Gasteiger partial charge in [0.15, 0.2) is 0 Å². The first-order valence-electron chi connectivity index (χ1n) is 9.57. The molecule has 6 nitrogen and oxygen atoms in total. The molecule has 0 saturated heterocycles. The molecule has 3 aromatic rings. The van der Waals surface area contributed by atoms with Crippen LogP contribution in [0, 0.1) is 20.8 Å². The normalized spacial score (nSPS) is 10.1. The number of nitrogens with zero attached hydrogens (tertiary/aromatic N) is 1. The molecule has 2 amide bonds. The monoisotopic (exact) mass is 400 g/mol. The average molecular weight is 400 g/mol. The Labute approximate surface area is 176 Å². The lowest BCUT2D eigenvalue weighted by atomic mass is 10.1. The molecule has 0 bridgehead atoms. The van der Waals surface area contributed by atoms with Crippen molar-refractivity contribution in [1.82, 2.24) is 4.98 Å². The van der Waals surface area contributed by atoms with Crippen LogP contribution in [0.15, 0.2) is 78.6 Å². The van der Waals surface area contributed by atoms with E-state index in [-0.39, 0.29) is 5.57 Å². The summed E-state index contributed by atoms with van der Waals surface area (Å²) in [6, 6.07) is 18.5. The highest BCUT2D eigenvalue weighted by Crippen LogP contribution is 2.17. The van der Waals surface area contributed by atoms with Gasteiger partial charge in [-0.05, 0) is 55.7 Å². The number of hydrogen-bond acceptors (Lipinski definition) is 4. The standard InChI is InChI=1S/C24H24N4O2/c1-16-12-13-22(25-14-16)26-15-19(23(29)27-20-10-6-4-8-17(20)2)24(30)28-21-11-7-5-9-18(21)3/h4-15H,1-3H3,(H,25,26)(H,27,29)(H,28,30). The molecule has 0 fully saturated rings. The number of anilines is 3. The number of aryl methyl sites for hydroxylation is 3. The van der Waals surface area contributed by atoms with Gasteiger partial charge in [0.1, 0.15) is 11.4 Å². The Morgan fingerprint density at radius 2 is 1.30 bits per heavy atom. The predicted octanol–water partition coefficient (Wildman–Crippen LogP) is 4.58. The fraction of sp³-hybridized carbons (Fsp3) is 0.125. The van der Waals surface area contributed by atoms with Gasteiger partial charge >= 0.3 is 0 Å². The summed E-state index contributed by atoms with van der Waals surface area (Å²) in [7, 11) is 0. The summed E-state index contributed by atoms with van der Waals surface area (Å²) in [5.41, 5.74) is 4.04. The van der Waals surface area contributed by atoms with Crippen LogP contribution in [0.5, 0.6) is 0 Å². The molecule has 1 heterocycles. The number of amides is 2. The zero-order valence-corrected chi connectivity index (χ0v) is 17.2. The third-order valence-electron chi connectivity index (χ3n) is 4.55. The van der Waals surface area contributed by atoms with E-state index in [0.717, 1.165) is 16.7 Å². The molecule has 0 aliphatic rings. The lowest BCUT2D eigenvalue weighted by molar-refractivity contribution is -0.118. The van der Waals surface area contributed by atoms with Gasteiger partial charge in [-0.25, -0.2) is 4.98 Å². The molecule has 152 valence electrons. The molecule has 30 heavy (non-hydrogen) atoms. The van der Waals surface area contributed by atoms with E-state index in [1.165, 1.54) is 6.20 Å². The van der Waals surface area contributed by atoms with Crippen molar-refractivity contribution in [2.45, 2.75) is 20.8 Å². The molecule has 3 rings (SSSR count). The second-order valence-electron chi connectivity index (χ2n) is 6.96. The lowest BCUT2D eigenvalue weighted by Gasteiger charge is -2.13. The smallest absolute Gasteiger partial charge is 0.262 e. The van der Waals surface area contributed by atoms with E-state index in [1.807, 2.05) is 63.2 Å². The number of aromatic nitrogens is 1. The van der Waals surface area contributed by atoms with Crippen molar-refractivity contribution in [2.75, 3.05) is 16.0 Å². The van der Waals surface area contributed by atoms with Gasteiger partial charge in [0.2, 0.25) is 0 Å². The number of carbonyl (C=O) groups is 2. The first-order valence-corrected chi connectivity index (χ1v) is 9.57. The number of hydrogen-bond donors (Lipinski definition) is 3. The highest BCUT2D eigenvalue weighted by Gasteiger charge is 2.20. The van der Waals surface area contributed by atoms with E-state index in [9.17, 15) is 9.59 Å². The summed E-state index contributed by atoms with van der Waals surface area (Å²) >= 11 is 0. The minimum Gasteiger partial charge on any atom is -0.346 e. The van der Waals surface area contributed by atoms with E-state index >= 15 is 0 Å². The van der Waals surface area contributed by atoms with Gasteiger partial charge in [-0.3, -0.25) is 9.59 Å². The van der Waals surface area contributed by atoms with E-state index in [0.29, 0.717) is 17.2 Å². The van der Waals surface area contributed by atoms with Crippen molar-refractivity contribution < 1.29 is 9.59 Å². The van der Waals surface area contributed by atoms with Gasteiger partial charge in [-0.2, -0.15) is 0 Å². The summed E-state index contributed by atoms with van der Waals surface area (Å²) in [4.78, 5) is 30.2. The second kappa shape index (κ2) is 9.52. The van der Waals surface area contributed by atoms with Gasteiger partial charge in [0.25, 0.3) is 11.8 Å². The Morgan fingerprint density at radius 1 is 0.767 bits per heavy atom. The van der Waals surface area contributed by atoms with E-state index in [2.05, 4.69) is 20.9 Å². The van der Waals surface area contributed by atoms with Crippen LogP contribution in [-0.2, 0) is 9.59 Å². The number of para-hydroxylation sites is 2. The molecule has 0 saturated carbocycles. The minimum atomic E-state index is -0.519. The molecular formula is C24H24N4O2. The Bertz CT molecular complexity index is 1030. The summed E-state index contributed by atoms with van der Waals surface area (Å²) in [6.07, 6.45) is 3.08. The maximum absolute atomic E-state index is 13.0. The van der Waals surface area contributed by atoms with Crippen molar-refractivity contribution in [3.63, 3.8) is 0 Å². The molecular weight excluding hydrogens is 376 g/mol. The van der Waals surface area contributed by atoms with Crippen molar-refractivity contribution in [3.05, 3.63) is 95.3 Å². The quantitative estimate of drug-likeness (QED) is 0.321. The molecule has 0 aliphatic heterocycles. The van der Waals surface area contributed by atoms with Crippen molar-refractivity contribution in [1.29, 1.82) is 0 Å². The summed E-state index contributed by atoms with van der Waals surface area (Å²) in [5, 5.41) is 8.56. The van der Waals surface area contributed by atoms with Crippen LogP contribution >= 0.6 is 0 Å². The molecule has 2 aromatic carbocycles. The van der Waals surface area contributed by atoms with Gasteiger partial charge < -0.3 is 16.0 Å². The average Bonchev–Trinajstić information content (AvgIpc) is 2.73. The fourth-order valence-electron chi connectivity index (χ4n) is 2.74. The van der Waals surface area contributed by atoms with Crippen LogP contribution in [-0.4, -0.2) is 16.8 Å². The van der Waals surface area contributed by atoms with Crippen LogP contribution < -0.4 is 16.0 Å². The predicted molar refractivity (Wildman–Crippen MR) is 120 cm³/mol. The Hall–Kier alpha value is -3.93. The van der Waals surface area contributed by atoms with Crippen LogP contribution in [0.2, 0.25) is 0 Å². The topological polar surface area (TPSA) is 83.1 Å². The lowest BCUT2D eigenvalue weighted by Crippen LogP contribution is -2.26. The molecule has 3 N–H and O–H groups in total. The molecule has 0 spiro atoms. The molecule has 6 heteroatoms. The van der Waals surface area contributed by atoms with E-state index in [1.54, 1.807) is 24.4 Å². The largest absolute Gasteiger partial charge is 0.346 e. The van der Waals surface area contributed by atoms with Gasteiger partial charge in [-0.15, -0.1) is 0 Å². The third kappa shape index (κ3) is 5.32. The molecule has 0 atom stereocenters. The molecule has 0 radical (unpaired) electrons.